The molecule has 21 heavy (non-hydrogen) atoms. The third kappa shape index (κ3) is 3.00. The molecule has 0 spiro atoms. The minimum Gasteiger partial charge on any atom is -0.338 e. The molecular formula is C17H25N3O. The maximum absolute atomic E-state index is 5.49. The predicted molar refractivity (Wildman–Crippen MR) is 84.2 cm³/mol. The average molecular weight is 287 g/mol. The first-order chi connectivity index (χ1) is 10.2. The monoisotopic (exact) mass is 287 g/mol. The zero-order valence-electron chi connectivity index (χ0n) is 13.4. The average Bonchev–Trinajstić information content (AvgIpc) is 3.01. The molecule has 2 aromatic rings. The first-order valence-electron chi connectivity index (χ1n) is 7.80. The van der Waals surface area contributed by atoms with Crippen LogP contribution in [0.4, 0.5) is 0 Å². The third-order valence-electron chi connectivity index (χ3n) is 4.28. The molecule has 0 aliphatic heterocycles. The number of aromatic nitrogens is 2. The van der Waals surface area contributed by atoms with Crippen LogP contribution in [0.5, 0.6) is 0 Å². The summed E-state index contributed by atoms with van der Waals surface area (Å²) in [6, 6.07) is 10.6. The van der Waals surface area contributed by atoms with E-state index in [0.29, 0.717) is 5.89 Å². The van der Waals surface area contributed by atoms with Crippen LogP contribution >= 0.6 is 0 Å². The summed E-state index contributed by atoms with van der Waals surface area (Å²) in [6.45, 7) is 9.35. The number of nitrogens with zero attached hydrogens (tertiary/aromatic N) is 2. The summed E-state index contributed by atoms with van der Waals surface area (Å²) in [7, 11) is 0. The summed E-state index contributed by atoms with van der Waals surface area (Å²) in [5, 5.41) is 7.59. The highest BCUT2D eigenvalue weighted by molar-refractivity contribution is 5.32. The van der Waals surface area contributed by atoms with Gasteiger partial charge < -0.3 is 9.84 Å². The molecule has 4 heteroatoms. The number of benzene rings is 1. The summed E-state index contributed by atoms with van der Waals surface area (Å²) in [4.78, 5) is 4.68. The molecule has 0 radical (unpaired) electrons. The van der Waals surface area contributed by atoms with Crippen molar-refractivity contribution in [2.45, 2.75) is 52.0 Å². The molecule has 0 bridgehead atoms. The molecule has 1 aromatic heterocycles. The van der Waals surface area contributed by atoms with Gasteiger partial charge in [0.15, 0.2) is 5.82 Å². The molecule has 2 rings (SSSR count). The van der Waals surface area contributed by atoms with Crippen LogP contribution in [-0.2, 0) is 5.41 Å². The molecule has 0 fully saturated rings. The molecule has 0 saturated carbocycles. The maximum Gasteiger partial charge on any atom is 0.243 e. The summed E-state index contributed by atoms with van der Waals surface area (Å²) in [5.41, 5.74) is 1.08. The van der Waals surface area contributed by atoms with Crippen molar-refractivity contribution in [1.29, 1.82) is 0 Å². The van der Waals surface area contributed by atoms with E-state index in [-0.39, 0.29) is 11.5 Å². The third-order valence-corrected chi connectivity index (χ3v) is 4.28. The van der Waals surface area contributed by atoms with E-state index >= 15 is 0 Å². The molecular weight excluding hydrogens is 262 g/mol. The standard InChI is InChI=1S/C17H25N3O/c1-5-17(6-2,14-11-9-8-10-12-14)16-19-15(21-20-16)13(4)18-7-3/h8-13,18H,5-7H2,1-4H3. The molecule has 0 saturated heterocycles. The van der Waals surface area contributed by atoms with Crippen molar-refractivity contribution in [2.24, 2.45) is 0 Å². The van der Waals surface area contributed by atoms with Gasteiger partial charge in [-0.3, -0.25) is 0 Å². The Labute approximate surface area is 127 Å². The van der Waals surface area contributed by atoms with Gasteiger partial charge >= 0.3 is 0 Å². The van der Waals surface area contributed by atoms with Gasteiger partial charge in [0, 0.05) is 0 Å². The highest BCUT2D eigenvalue weighted by Crippen LogP contribution is 2.37. The van der Waals surface area contributed by atoms with E-state index in [9.17, 15) is 0 Å². The van der Waals surface area contributed by atoms with E-state index < -0.39 is 0 Å². The lowest BCUT2D eigenvalue weighted by atomic mass is 9.75. The maximum atomic E-state index is 5.49. The van der Waals surface area contributed by atoms with Crippen molar-refractivity contribution in [3.63, 3.8) is 0 Å². The molecule has 0 aliphatic rings. The Morgan fingerprint density at radius 2 is 1.81 bits per heavy atom. The van der Waals surface area contributed by atoms with Crippen LogP contribution in [0, 0.1) is 0 Å². The Morgan fingerprint density at radius 1 is 1.14 bits per heavy atom. The van der Waals surface area contributed by atoms with E-state index in [0.717, 1.165) is 25.2 Å². The molecule has 4 nitrogen and oxygen atoms in total. The van der Waals surface area contributed by atoms with Crippen molar-refractivity contribution < 1.29 is 4.52 Å². The van der Waals surface area contributed by atoms with Gasteiger partial charge in [-0.25, -0.2) is 0 Å². The number of nitrogens with one attached hydrogen (secondary N) is 1. The van der Waals surface area contributed by atoms with Gasteiger partial charge in [0.1, 0.15) is 0 Å². The second kappa shape index (κ2) is 6.85. The largest absolute Gasteiger partial charge is 0.338 e. The number of rotatable bonds is 7. The lowest BCUT2D eigenvalue weighted by Crippen LogP contribution is -2.28. The van der Waals surface area contributed by atoms with Crippen LogP contribution < -0.4 is 5.32 Å². The van der Waals surface area contributed by atoms with Crippen molar-refractivity contribution in [1.82, 2.24) is 15.5 Å². The lowest BCUT2D eigenvalue weighted by Gasteiger charge is -2.28. The summed E-state index contributed by atoms with van der Waals surface area (Å²) >= 11 is 0. The Bertz CT molecular complexity index is 546. The van der Waals surface area contributed by atoms with Crippen LogP contribution in [0.25, 0.3) is 0 Å². The molecule has 1 atom stereocenters. The van der Waals surface area contributed by atoms with E-state index in [1.807, 2.05) is 13.0 Å². The number of hydrogen-bond donors (Lipinski definition) is 1. The molecule has 0 aliphatic carbocycles. The zero-order chi connectivity index (χ0) is 15.3. The number of hydrogen-bond acceptors (Lipinski definition) is 4. The molecule has 0 amide bonds. The van der Waals surface area contributed by atoms with Gasteiger partial charge in [0.25, 0.3) is 0 Å². The zero-order valence-corrected chi connectivity index (χ0v) is 13.4. The second-order valence-corrected chi connectivity index (χ2v) is 5.39. The van der Waals surface area contributed by atoms with Gasteiger partial charge in [0.05, 0.1) is 11.5 Å². The smallest absolute Gasteiger partial charge is 0.243 e. The Hall–Kier alpha value is -1.68. The summed E-state index contributed by atoms with van der Waals surface area (Å²) in [6.07, 6.45) is 1.89. The fourth-order valence-electron chi connectivity index (χ4n) is 2.86. The Kier molecular flexibility index (Phi) is 5.12. The molecule has 1 unspecified atom stereocenters. The van der Waals surface area contributed by atoms with E-state index in [1.165, 1.54) is 5.56 Å². The van der Waals surface area contributed by atoms with Crippen molar-refractivity contribution in [2.75, 3.05) is 6.54 Å². The van der Waals surface area contributed by atoms with Crippen LogP contribution in [0.3, 0.4) is 0 Å². The van der Waals surface area contributed by atoms with E-state index in [4.69, 9.17) is 4.52 Å². The minimum absolute atomic E-state index is 0.0819. The highest BCUT2D eigenvalue weighted by Gasteiger charge is 2.36. The van der Waals surface area contributed by atoms with Gasteiger partial charge in [-0.2, -0.15) is 4.98 Å². The van der Waals surface area contributed by atoms with Crippen LogP contribution in [-0.4, -0.2) is 16.7 Å². The summed E-state index contributed by atoms with van der Waals surface area (Å²) in [5.74, 6) is 1.45. The minimum atomic E-state index is -0.172. The Balaban J connectivity index is 2.40. The molecule has 1 aromatic carbocycles. The van der Waals surface area contributed by atoms with Gasteiger partial charge in [-0.1, -0.05) is 56.3 Å². The van der Waals surface area contributed by atoms with Gasteiger partial charge in [-0.05, 0) is 31.9 Å². The molecule has 114 valence electrons. The quantitative estimate of drug-likeness (QED) is 0.840. The fourth-order valence-corrected chi connectivity index (χ4v) is 2.86. The van der Waals surface area contributed by atoms with Gasteiger partial charge in [0.2, 0.25) is 5.89 Å². The highest BCUT2D eigenvalue weighted by atomic mass is 16.5. The van der Waals surface area contributed by atoms with Crippen LogP contribution in [0.15, 0.2) is 34.9 Å². The normalized spacial score (nSPS) is 13.3. The predicted octanol–water partition coefficient (Wildman–Crippen LogP) is 3.85. The van der Waals surface area contributed by atoms with Gasteiger partial charge in [-0.15, -0.1) is 0 Å². The topological polar surface area (TPSA) is 51.0 Å². The second-order valence-electron chi connectivity index (χ2n) is 5.39. The summed E-state index contributed by atoms with van der Waals surface area (Å²) < 4.78 is 5.49. The fraction of sp³-hybridized carbons (Fsp3) is 0.529. The van der Waals surface area contributed by atoms with E-state index in [2.05, 4.69) is 60.5 Å². The SMILES string of the molecule is CCNC(C)c1nc(C(CC)(CC)c2ccccc2)no1. The van der Waals surface area contributed by atoms with Crippen LogP contribution in [0.1, 0.15) is 63.9 Å². The molecule has 1 N–H and O–H groups in total. The van der Waals surface area contributed by atoms with Crippen molar-refractivity contribution >= 4 is 0 Å². The lowest BCUT2D eigenvalue weighted by molar-refractivity contribution is 0.328. The van der Waals surface area contributed by atoms with Crippen LogP contribution in [0.2, 0.25) is 0 Å². The van der Waals surface area contributed by atoms with E-state index in [1.54, 1.807) is 0 Å². The first kappa shape index (κ1) is 15.7. The molecule has 1 heterocycles. The van der Waals surface area contributed by atoms with Crippen molar-refractivity contribution in [3.05, 3.63) is 47.6 Å². The van der Waals surface area contributed by atoms with Crippen molar-refractivity contribution in [3.8, 4) is 0 Å². The first-order valence-corrected chi connectivity index (χ1v) is 7.80. The Morgan fingerprint density at radius 3 is 2.38 bits per heavy atom.